The molecule has 7 heteroatoms. The van der Waals surface area contributed by atoms with Gasteiger partial charge in [0.05, 0.1) is 13.2 Å². The predicted octanol–water partition coefficient (Wildman–Crippen LogP) is 3.40. The topological polar surface area (TPSA) is 63.4 Å². The van der Waals surface area contributed by atoms with Gasteiger partial charge in [0.25, 0.3) is 0 Å². The van der Waals surface area contributed by atoms with Crippen LogP contribution in [0, 0.1) is 0 Å². The normalized spacial score (nSPS) is 15.2. The predicted molar refractivity (Wildman–Crippen MR) is 92.9 cm³/mol. The van der Waals surface area contributed by atoms with Gasteiger partial charge < -0.3 is 19.5 Å². The second kappa shape index (κ2) is 7.31. The van der Waals surface area contributed by atoms with E-state index in [9.17, 15) is 0 Å². The summed E-state index contributed by atoms with van der Waals surface area (Å²) in [6, 6.07) is 6.77. The van der Waals surface area contributed by atoms with Crippen molar-refractivity contribution in [1.29, 1.82) is 0 Å². The van der Waals surface area contributed by atoms with Gasteiger partial charge in [0.15, 0.2) is 5.82 Å². The highest BCUT2D eigenvalue weighted by molar-refractivity contribution is 9.10. The Hall–Kier alpha value is -1.60. The molecular weight excluding hydrogens is 360 g/mol. The van der Waals surface area contributed by atoms with Gasteiger partial charge in [-0.3, -0.25) is 0 Å². The van der Waals surface area contributed by atoms with E-state index in [1.807, 2.05) is 19.9 Å². The SMILES string of the molecule is CC(C)c1noc(NCc2ccc(Br)cc2N2CCOCC2)n1. The maximum absolute atomic E-state index is 5.44. The lowest BCUT2D eigenvalue weighted by molar-refractivity contribution is 0.122. The number of benzene rings is 1. The Bertz CT molecular complexity index is 653. The maximum atomic E-state index is 5.44. The van der Waals surface area contributed by atoms with E-state index in [1.165, 1.54) is 11.3 Å². The number of hydrogen-bond acceptors (Lipinski definition) is 6. The number of anilines is 2. The Balaban J connectivity index is 1.73. The molecule has 1 aliphatic heterocycles. The summed E-state index contributed by atoms with van der Waals surface area (Å²) in [6.07, 6.45) is 0. The Kier molecular flexibility index (Phi) is 5.17. The highest BCUT2D eigenvalue weighted by atomic mass is 79.9. The Morgan fingerprint density at radius 2 is 2.09 bits per heavy atom. The van der Waals surface area contributed by atoms with Crippen molar-refractivity contribution in [1.82, 2.24) is 10.1 Å². The highest BCUT2D eigenvalue weighted by Crippen LogP contribution is 2.27. The minimum atomic E-state index is 0.255. The van der Waals surface area contributed by atoms with E-state index in [-0.39, 0.29) is 5.92 Å². The van der Waals surface area contributed by atoms with Crippen molar-refractivity contribution in [2.24, 2.45) is 0 Å². The molecule has 0 amide bonds. The van der Waals surface area contributed by atoms with Crippen LogP contribution in [0.4, 0.5) is 11.7 Å². The van der Waals surface area contributed by atoms with Crippen LogP contribution in [0.1, 0.15) is 31.2 Å². The average Bonchev–Trinajstić information content (AvgIpc) is 3.04. The smallest absolute Gasteiger partial charge is 0.321 e. The van der Waals surface area contributed by atoms with E-state index in [0.29, 0.717) is 12.6 Å². The molecule has 0 bridgehead atoms. The molecule has 0 saturated carbocycles. The fraction of sp³-hybridized carbons (Fsp3) is 0.500. The quantitative estimate of drug-likeness (QED) is 0.857. The second-order valence-corrected chi connectivity index (χ2v) is 6.75. The van der Waals surface area contributed by atoms with Crippen LogP contribution in [0.3, 0.4) is 0 Å². The molecule has 0 atom stereocenters. The molecule has 2 aromatic rings. The van der Waals surface area contributed by atoms with Crippen molar-refractivity contribution < 1.29 is 9.26 Å². The van der Waals surface area contributed by atoms with Gasteiger partial charge in [-0.1, -0.05) is 41.0 Å². The third kappa shape index (κ3) is 4.03. The van der Waals surface area contributed by atoms with Gasteiger partial charge >= 0.3 is 6.01 Å². The fourth-order valence-electron chi connectivity index (χ4n) is 2.50. The molecule has 0 spiro atoms. The van der Waals surface area contributed by atoms with Gasteiger partial charge in [-0.2, -0.15) is 4.98 Å². The number of morpholine rings is 1. The third-order valence-electron chi connectivity index (χ3n) is 3.79. The number of ether oxygens (including phenoxy) is 1. The number of nitrogens with zero attached hydrogens (tertiary/aromatic N) is 3. The third-order valence-corrected chi connectivity index (χ3v) is 4.28. The molecule has 0 aliphatic carbocycles. The van der Waals surface area contributed by atoms with Crippen molar-refractivity contribution in [2.75, 3.05) is 36.5 Å². The van der Waals surface area contributed by atoms with Crippen LogP contribution in [-0.4, -0.2) is 36.4 Å². The molecule has 1 N–H and O–H groups in total. The first-order valence-electron chi connectivity index (χ1n) is 7.82. The first-order valence-corrected chi connectivity index (χ1v) is 8.61. The molecule has 124 valence electrons. The summed E-state index contributed by atoms with van der Waals surface area (Å²) < 4.78 is 11.8. The summed E-state index contributed by atoms with van der Waals surface area (Å²) >= 11 is 3.56. The van der Waals surface area contributed by atoms with Crippen LogP contribution in [-0.2, 0) is 11.3 Å². The summed E-state index contributed by atoms with van der Waals surface area (Å²) in [6.45, 7) is 8.06. The Labute approximate surface area is 144 Å². The van der Waals surface area contributed by atoms with Crippen molar-refractivity contribution >= 4 is 27.6 Å². The number of nitrogens with one attached hydrogen (secondary N) is 1. The summed E-state index contributed by atoms with van der Waals surface area (Å²) in [5.41, 5.74) is 2.40. The highest BCUT2D eigenvalue weighted by Gasteiger charge is 2.16. The molecular formula is C16H21BrN4O2. The van der Waals surface area contributed by atoms with E-state index < -0.39 is 0 Å². The van der Waals surface area contributed by atoms with Crippen molar-refractivity contribution in [3.8, 4) is 0 Å². The fourth-order valence-corrected chi connectivity index (χ4v) is 2.85. The van der Waals surface area contributed by atoms with Gasteiger partial charge in [-0.05, 0) is 17.7 Å². The van der Waals surface area contributed by atoms with Crippen LogP contribution in [0.15, 0.2) is 27.2 Å². The van der Waals surface area contributed by atoms with E-state index >= 15 is 0 Å². The Morgan fingerprint density at radius 1 is 1.30 bits per heavy atom. The summed E-state index contributed by atoms with van der Waals surface area (Å²) in [5.74, 6) is 0.975. The summed E-state index contributed by atoms with van der Waals surface area (Å²) in [5, 5.41) is 7.19. The molecule has 23 heavy (non-hydrogen) atoms. The first kappa shape index (κ1) is 16.3. The number of hydrogen-bond donors (Lipinski definition) is 1. The van der Waals surface area contributed by atoms with Gasteiger partial charge in [0.1, 0.15) is 0 Å². The van der Waals surface area contributed by atoms with Crippen molar-refractivity contribution in [3.63, 3.8) is 0 Å². The zero-order chi connectivity index (χ0) is 16.2. The number of aromatic nitrogens is 2. The largest absolute Gasteiger partial charge is 0.378 e. The van der Waals surface area contributed by atoms with Gasteiger partial charge in [0.2, 0.25) is 0 Å². The van der Waals surface area contributed by atoms with Gasteiger partial charge in [0, 0.05) is 35.7 Å². The lowest BCUT2D eigenvalue weighted by Gasteiger charge is -2.30. The lowest BCUT2D eigenvalue weighted by atomic mass is 10.1. The molecule has 0 radical (unpaired) electrons. The molecule has 1 aromatic carbocycles. The van der Waals surface area contributed by atoms with Crippen molar-refractivity contribution in [2.45, 2.75) is 26.3 Å². The van der Waals surface area contributed by atoms with Gasteiger partial charge in [-0.15, -0.1) is 0 Å². The molecule has 6 nitrogen and oxygen atoms in total. The van der Waals surface area contributed by atoms with Crippen LogP contribution in [0.2, 0.25) is 0 Å². The molecule has 0 unspecified atom stereocenters. The van der Waals surface area contributed by atoms with Crippen LogP contribution in [0.5, 0.6) is 0 Å². The van der Waals surface area contributed by atoms with E-state index in [4.69, 9.17) is 9.26 Å². The van der Waals surface area contributed by atoms with E-state index in [2.05, 4.69) is 48.4 Å². The monoisotopic (exact) mass is 380 g/mol. The lowest BCUT2D eigenvalue weighted by Crippen LogP contribution is -2.36. The van der Waals surface area contributed by atoms with Crippen LogP contribution >= 0.6 is 15.9 Å². The summed E-state index contributed by atoms with van der Waals surface area (Å²) in [7, 11) is 0. The van der Waals surface area contributed by atoms with E-state index in [1.54, 1.807) is 0 Å². The van der Waals surface area contributed by atoms with E-state index in [0.717, 1.165) is 36.6 Å². The first-order chi connectivity index (χ1) is 11.1. The number of rotatable bonds is 5. The molecule has 1 saturated heterocycles. The minimum absolute atomic E-state index is 0.255. The molecule has 1 aliphatic rings. The Morgan fingerprint density at radius 3 is 2.78 bits per heavy atom. The zero-order valence-electron chi connectivity index (χ0n) is 13.4. The molecule has 1 aromatic heterocycles. The van der Waals surface area contributed by atoms with Gasteiger partial charge in [-0.25, -0.2) is 0 Å². The van der Waals surface area contributed by atoms with Crippen molar-refractivity contribution in [3.05, 3.63) is 34.1 Å². The second-order valence-electron chi connectivity index (χ2n) is 5.84. The maximum Gasteiger partial charge on any atom is 0.321 e. The standard InChI is InChI=1S/C16H21BrN4O2/c1-11(2)15-19-16(23-20-15)18-10-12-3-4-13(17)9-14(12)21-5-7-22-8-6-21/h3-4,9,11H,5-8,10H2,1-2H3,(H,18,19,20). The van der Waals surface area contributed by atoms with Crippen LogP contribution < -0.4 is 10.2 Å². The minimum Gasteiger partial charge on any atom is -0.378 e. The average molecular weight is 381 g/mol. The van der Waals surface area contributed by atoms with Crippen LogP contribution in [0.25, 0.3) is 0 Å². The zero-order valence-corrected chi connectivity index (χ0v) is 15.0. The molecule has 3 rings (SSSR count). The number of halogens is 1. The molecule has 1 fully saturated rings. The molecule has 2 heterocycles. The summed E-state index contributed by atoms with van der Waals surface area (Å²) in [4.78, 5) is 6.70.